The quantitative estimate of drug-likeness (QED) is 0.790. The van der Waals surface area contributed by atoms with Gasteiger partial charge in [-0.3, -0.25) is 4.79 Å². The second kappa shape index (κ2) is 5.91. The lowest BCUT2D eigenvalue weighted by atomic mass is 10.0. The fraction of sp³-hybridized carbons (Fsp3) is 0.417. The summed E-state index contributed by atoms with van der Waals surface area (Å²) in [7, 11) is -2.53. The molecule has 1 aliphatic rings. The van der Waals surface area contributed by atoms with Gasteiger partial charge in [0.05, 0.1) is 23.1 Å². The first-order valence-electron chi connectivity index (χ1n) is 5.99. The van der Waals surface area contributed by atoms with Gasteiger partial charge in [0.1, 0.15) is 5.75 Å². The topological polar surface area (TPSA) is 102 Å². The Kier molecular flexibility index (Phi) is 4.57. The zero-order valence-electron chi connectivity index (χ0n) is 11.1. The first-order chi connectivity index (χ1) is 9.81. The first-order valence-corrected chi connectivity index (χ1v) is 8.27. The molecule has 1 fully saturated rings. The van der Waals surface area contributed by atoms with E-state index < -0.39 is 21.5 Å². The molecule has 1 unspecified atom stereocenters. The van der Waals surface area contributed by atoms with Gasteiger partial charge in [-0.15, -0.1) is 0 Å². The summed E-state index contributed by atoms with van der Waals surface area (Å²) in [5.74, 6) is -0.776. The van der Waals surface area contributed by atoms with Gasteiger partial charge in [0.2, 0.25) is 10.0 Å². The van der Waals surface area contributed by atoms with Crippen molar-refractivity contribution in [3.8, 4) is 5.75 Å². The average molecular weight is 380 g/mol. The highest BCUT2D eigenvalue weighted by Gasteiger charge is 2.46. The van der Waals surface area contributed by atoms with Crippen molar-refractivity contribution in [3.63, 3.8) is 0 Å². The molecule has 1 atom stereocenters. The number of ether oxygens (including phenoxy) is 2. The minimum atomic E-state index is -3.99. The van der Waals surface area contributed by atoms with Crippen molar-refractivity contribution in [2.24, 2.45) is 0 Å². The molecule has 0 saturated carbocycles. The minimum Gasteiger partial charge on any atom is -0.496 e. The van der Waals surface area contributed by atoms with Crippen LogP contribution < -0.4 is 9.46 Å². The van der Waals surface area contributed by atoms with Crippen LogP contribution in [0.1, 0.15) is 6.42 Å². The van der Waals surface area contributed by atoms with E-state index in [1.165, 1.54) is 25.3 Å². The van der Waals surface area contributed by atoms with Crippen molar-refractivity contribution in [2.45, 2.75) is 16.9 Å². The number of carboxylic acids is 1. The summed E-state index contributed by atoms with van der Waals surface area (Å²) in [4.78, 5) is 11.3. The van der Waals surface area contributed by atoms with Crippen molar-refractivity contribution >= 4 is 31.9 Å². The molecular weight excluding hydrogens is 366 g/mol. The zero-order chi connectivity index (χ0) is 15.7. The molecule has 21 heavy (non-hydrogen) atoms. The van der Waals surface area contributed by atoms with Gasteiger partial charge < -0.3 is 14.6 Å². The number of nitrogens with one attached hydrogen (secondary N) is 1. The Bertz CT molecular complexity index is 654. The standard InChI is InChI=1S/C12H14BrNO6S/c1-19-10-3-2-8(6-9(10)13)21(17,18)14-12(11(15)16)4-5-20-7-12/h2-3,6,14H,4-5,7H2,1H3,(H,15,16). The molecule has 1 aromatic rings. The summed E-state index contributed by atoms with van der Waals surface area (Å²) >= 11 is 3.20. The molecule has 0 bridgehead atoms. The maximum atomic E-state index is 12.4. The SMILES string of the molecule is COc1ccc(S(=O)(=O)NC2(C(=O)O)CCOC2)cc1Br. The van der Waals surface area contributed by atoms with Crippen LogP contribution >= 0.6 is 15.9 Å². The Labute approximate surface area is 130 Å². The molecule has 0 radical (unpaired) electrons. The number of carboxylic acid groups (broad SMARTS) is 1. The van der Waals surface area contributed by atoms with Gasteiger partial charge in [-0.05, 0) is 34.1 Å². The predicted molar refractivity (Wildman–Crippen MR) is 76.8 cm³/mol. The average Bonchev–Trinajstić information content (AvgIpc) is 2.87. The van der Waals surface area contributed by atoms with E-state index >= 15 is 0 Å². The number of rotatable bonds is 5. The summed E-state index contributed by atoms with van der Waals surface area (Å²) < 4.78 is 37.5. The van der Waals surface area contributed by atoms with Crippen molar-refractivity contribution < 1.29 is 27.8 Å². The third kappa shape index (κ3) is 3.20. The third-order valence-electron chi connectivity index (χ3n) is 3.19. The Hall–Kier alpha value is -1.16. The largest absolute Gasteiger partial charge is 0.496 e. The van der Waals surface area contributed by atoms with Crippen molar-refractivity contribution in [2.75, 3.05) is 20.3 Å². The van der Waals surface area contributed by atoms with Crippen LogP contribution in [0.4, 0.5) is 0 Å². The molecule has 2 N–H and O–H groups in total. The highest BCUT2D eigenvalue weighted by Crippen LogP contribution is 2.29. The Balaban J connectivity index is 2.34. The van der Waals surface area contributed by atoms with E-state index in [0.29, 0.717) is 10.2 Å². The molecule has 1 aromatic carbocycles. The minimum absolute atomic E-state index is 0.0531. The molecule has 9 heteroatoms. The van der Waals surface area contributed by atoms with Crippen LogP contribution in [-0.4, -0.2) is 45.4 Å². The number of hydrogen-bond donors (Lipinski definition) is 2. The predicted octanol–water partition coefficient (Wildman–Crippen LogP) is 0.980. The van der Waals surface area contributed by atoms with Gasteiger partial charge in [-0.1, -0.05) is 0 Å². The van der Waals surface area contributed by atoms with Gasteiger partial charge >= 0.3 is 5.97 Å². The zero-order valence-corrected chi connectivity index (χ0v) is 13.5. The van der Waals surface area contributed by atoms with Gasteiger partial charge in [0.25, 0.3) is 0 Å². The molecule has 7 nitrogen and oxygen atoms in total. The van der Waals surface area contributed by atoms with E-state index in [2.05, 4.69) is 20.7 Å². The summed E-state index contributed by atoms with van der Waals surface area (Å²) in [5, 5.41) is 9.27. The van der Waals surface area contributed by atoms with Gasteiger partial charge in [-0.25, -0.2) is 8.42 Å². The van der Waals surface area contributed by atoms with Crippen molar-refractivity contribution in [1.82, 2.24) is 4.72 Å². The lowest BCUT2D eigenvalue weighted by Crippen LogP contribution is -2.54. The number of carbonyl (C=O) groups is 1. The van der Waals surface area contributed by atoms with Crippen LogP contribution in [0.5, 0.6) is 5.75 Å². The number of halogens is 1. The fourth-order valence-corrected chi connectivity index (χ4v) is 4.08. The second-order valence-electron chi connectivity index (χ2n) is 4.59. The second-order valence-corrected chi connectivity index (χ2v) is 7.13. The van der Waals surface area contributed by atoms with E-state index in [1.54, 1.807) is 0 Å². The first kappa shape index (κ1) is 16.2. The molecule has 2 rings (SSSR count). The maximum Gasteiger partial charge on any atom is 0.327 e. The summed E-state index contributed by atoms with van der Waals surface area (Å²) in [6, 6.07) is 4.18. The highest BCUT2D eigenvalue weighted by atomic mass is 79.9. The maximum absolute atomic E-state index is 12.4. The molecule has 0 aromatic heterocycles. The number of benzene rings is 1. The van der Waals surface area contributed by atoms with E-state index in [9.17, 15) is 18.3 Å². The lowest BCUT2D eigenvalue weighted by Gasteiger charge is -2.23. The van der Waals surface area contributed by atoms with Crippen LogP contribution in [0.2, 0.25) is 0 Å². The normalized spacial score (nSPS) is 22.2. The van der Waals surface area contributed by atoms with E-state index in [1.807, 2.05) is 0 Å². The van der Waals surface area contributed by atoms with E-state index in [0.717, 1.165) is 0 Å². The van der Waals surface area contributed by atoms with Gasteiger partial charge in [0, 0.05) is 13.0 Å². The van der Waals surface area contributed by atoms with Crippen LogP contribution in [0.3, 0.4) is 0 Å². The number of methoxy groups -OCH3 is 1. The molecule has 1 heterocycles. The third-order valence-corrected chi connectivity index (χ3v) is 5.35. The number of hydrogen-bond acceptors (Lipinski definition) is 5. The van der Waals surface area contributed by atoms with Gasteiger partial charge in [-0.2, -0.15) is 4.72 Å². The molecule has 0 spiro atoms. The molecular formula is C12H14BrNO6S. The number of sulfonamides is 1. The summed E-state index contributed by atoms with van der Waals surface area (Å²) in [6.45, 7) is 0.0000145. The Morgan fingerprint density at radius 1 is 1.52 bits per heavy atom. The summed E-state index contributed by atoms with van der Waals surface area (Å²) in [5.41, 5.74) is -1.62. The Morgan fingerprint density at radius 2 is 2.24 bits per heavy atom. The molecule has 116 valence electrons. The Morgan fingerprint density at radius 3 is 2.71 bits per heavy atom. The van der Waals surface area contributed by atoms with Crippen LogP contribution in [-0.2, 0) is 19.6 Å². The van der Waals surface area contributed by atoms with Crippen LogP contribution in [0, 0.1) is 0 Å². The molecule has 1 aliphatic heterocycles. The monoisotopic (exact) mass is 379 g/mol. The highest BCUT2D eigenvalue weighted by molar-refractivity contribution is 9.10. The summed E-state index contributed by atoms with van der Waals surface area (Å²) in [6.07, 6.45) is 0.0822. The van der Waals surface area contributed by atoms with Crippen molar-refractivity contribution in [1.29, 1.82) is 0 Å². The van der Waals surface area contributed by atoms with Crippen molar-refractivity contribution in [3.05, 3.63) is 22.7 Å². The van der Waals surface area contributed by atoms with Crippen LogP contribution in [0.25, 0.3) is 0 Å². The van der Waals surface area contributed by atoms with Gasteiger partial charge in [0.15, 0.2) is 5.54 Å². The van der Waals surface area contributed by atoms with E-state index in [4.69, 9.17) is 9.47 Å². The molecule has 0 aliphatic carbocycles. The molecule has 0 amide bonds. The molecule has 1 saturated heterocycles. The lowest BCUT2D eigenvalue weighted by molar-refractivity contribution is -0.144. The smallest absolute Gasteiger partial charge is 0.327 e. The fourth-order valence-electron chi connectivity index (χ4n) is 1.99. The van der Waals surface area contributed by atoms with Crippen LogP contribution in [0.15, 0.2) is 27.6 Å². The van der Waals surface area contributed by atoms with E-state index in [-0.39, 0.29) is 24.5 Å². The number of aliphatic carboxylic acids is 1.